The van der Waals surface area contributed by atoms with Crippen LogP contribution in [-0.2, 0) is 0 Å². The summed E-state index contributed by atoms with van der Waals surface area (Å²) in [5.74, 6) is 0.223. The molecule has 104 valence electrons. The molecule has 2 atom stereocenters. The minimum atomic E-state index is 0.223. The highest BCUT2D eigenvalue weighted by Crippen LogP contribution is 2.14. The molecule has 0 aliphatic carbocycles. The van der Waals surface area contributed by atoms with E-state index in [2.05, 4.69) is 53.3 Å². The minimum absolute atomic E-state index is 0.223. The predicted molar refractivity (Wildman–Crippen MR) is 86.6 cm³/mol. The summed E-state index contributed by atoms with van der Waals surface area (Å²) in [7, 11) is 2.16. The van der Waals surface area contributed by atoms with Gasteiger partial charge in [0, 0.05) is 34.3 Å². The number of nitrogens with zero attached hydrogens (tertiary/aromatic N) is 2. The van der Waals surface area contributed by atoms with Crippen molar-refractivity contribution in [3.8, 4) is 0 Å². The standard InChI is InChI=1S/C15H21IN2O/c1-11-8-18(9-12(2)17(11)3)10-15(19)13-4-6-14(16)7-5-13/h4-7,11-12H,8-10H2,1-3H3. The number of carbonyl (C=O) groups excluding carboxylic acids is 1. The fraction of sp³-hybridized carbons (Fsp3) is 0.533. The molecule has 1 aromatic rings. The lowest BCUT2D eigenvalue weighted by molar-refractivity contribution is 0.0549. The van der Waals surface area contributed by atoms with E-state index in [0.717, 1.165) is 22.2 Å². The summed E-state index contributed by atoms with van der Waals surface area (Å²) in [6.45, 7) is 6.91. The Labute approximate surface area is 129 Å². The molecule has 1 aliphatic heterocycles. The first-order valence-electron chi connectivity index (χ1n) is 6.70. The molecule has 0 spiro atoms. The Morgan fingerprint density at radius 3 is 2.26 bits per heavy atom. The van der Waals surface area contributed by atoms with Gasteiger partial charge in [0.05, 0.1) is 6.54 Å². The van der Waals surface area contributed by atoms with Crippen molar-refractivity contribution < 1.29 is 4.79 Å². The van der Waals surface area contributed by atoms with Crippen molar-refractivity contribution in [2.75, 3.05) is 26.7 Å². The summed E-state index contributed by atoms with van der Waals surface area (Å²) in [6.07, 6.45) is 0. The molecule has 0 amide bonds. The molecular formula is C15H21IN2O. The first-order valence-corrected chi connectivity index (χ1v) is 7.78. The molecule has 0 aromatic heterocycles. The Morgan fingerprint density at radius 1 is 1.21 bits per heavy atom. The average molecular weight is 372 g/mol. The molecule has 2 rings (SSSR count). The summed E-state index contributed by atoms with van der Waals surface area (Å²) in [6, 6.07) is 8.84. The molecule has 4 heteroatoms. The minimum Gasteiger partial charge on any atom is -0.298 e. The number of Topliss-reactive ketones (excluding diaryl/α,β-unsaturated/α-hetero) is 1. The molecular weight excluding hydrogens is 351 g/mol. The Morgan fingerprint density at radius 2 is 1.74 bits per heavy atom. The van der Waals surface area contributed by atoms with Crippen LogP contribution in [-0.4, -0.2) is 54.3 Å². The van der Waals surface area contributed by atoms with Gasteiger partial charge in [-0.05, 0) is 55.6 Å². The number of rotatable bonds is 3. The van der Waals surface area contributed by atoms with Crippen molar-refractivity contribution in [2.24, 2.45) is 0 Å². The van der Waals surface area contributed by atoms with Crippen molar-refractivity contribution in [1.82, 2.24) is 9.80 Å². The van der Waals surface area contributed by atoms with Crippen LogP contribution >= 0.6 is 22.6 Å². The van der Waals surface area contributed by atoms with Crippen LogP contribution in [0.3, 0.4) is 0 Å². The third kappa shape index (κ3) is 3.77. The fourth-order valence-corrected chi connectivity index (χ4v) is 2.93. The van der Waals surface area contributed by atoms with Gasteiger partial charge in [-0.15, -0.1) is 0 Å². The molecule has 0 radical (unpaired) electrons. The van der Waals surface area contributed by atoms with E-state index < -0.39 is 0 Å². The molecule has 19 heavy (non-hydrogen) atoms. The van der Waals surface area contributed by atoms with E-state index in [-0.39, 0.29) is 5.78 Å². The molecule has 2 unspecified atom stereocenters. The van der Waals surface area contributed by atoms with Gasteiger partial charge in [-0.25, -0.2) is 0 Å². The van der Waals surface area contributed by atoms with Crippen molar-refractivity contribution in [3.63, 3.8) is 0 Å². The topological polar surface area (TPSA) is 23.6 Å². The predicted octanol–water partition coefficient (Wildman–Crippen LogP) is 2.50. The van der Waals surface area contributed by atoms with Crippen molar-refractivity contribution in [2.45, 2.75) is 25.9 Å². The number of piperazine rings is 1. The van der Waals surface area contributed by atoms with Crippen LogP contribution in [0.15, 0.2) is 24.3 Å². The molecule has 1 heterocycles. The average Bonchev–Trinajstić information content (AvgIpc) is 2.36. The number of hydrogen-bond donors (Lipinski definition) is 0. The number of halogens is 1. The first-order chi connectivity index (χ1) is 8.97. The number of likely N-dealkylation sites (N-methyl/N-ethyl adjacent to an activating group) is 1. The molecule has 1 aromatic carbocycles. The quantitative estimate of drug-likeness (QED) is 0.602. The molecule has 1 aliphatic rings. The maximum absolute atomic E-state index is 12.3. The third-order valence-electron chi connectivity index (χ3n) is 3.97. The smallest absolute Gasteiger partial charge is 0.176 e. The van der Waals surface area contributed by atoms with Crippen LogP contribution in [0.25, 0.3) is 0 Å². The molecule has 1 saturated heterocycles. The Bertz CT molecular complexity index is 434. The summed E-state index contributed by atoms with van der Waals surface area (Å²) < 4.78 is 1.16. The van der Waals surface area contributed by atoms with Gasteiger partial charge in [0.25, 0.3) is 0 Å². The van der Waals surface area contributed by atoms with E-state index in [0.29, 0.717) is 18.6 Å². The van der Waals surface area contributed by atoms with Crippen LogP contribution in [0.1, 0.15) is 24.2 Å². The number of ketones is 1. The Balaban J connectivity index is 1.97. The van der Waals surface area contributed by atoms with Crippen molar-refractivity contribution in [3.05, 3.63) is 33.4 Å². The van der Waals surface area contributed by atoms with E-state index >= 15 is 0 Å². The molecule has 0 N–H and O–H groups in total. The molecule has 3 nitrogen and oxygen atoms in total. The largest absolute Gasteiger partial charge is 0.298 e. The molecule has 0 bridgehead atoms. The Kier molecular flexibility index (Phi) is 4.97. The molecule has 1 fully saturated rings. The van der Waals surface area contributed by atoms with Gasteiger partial charge in [0.1, 0.15) is 0 Å². The highest BCUT2D eigenvalue weighted by atomic mass is 127. The van der Waals surface area contributed by atoms with Crippen LogP contribution < -0.4 is 0 Å². The van der Waals surface area contributed by atoms with Crippen LogP contribution in [0.5, 0.6) is 0 Å². The summed E-state index contributed by atoms with van der Waals surface area (Å²) in [5, 5.41) is 0. The second-order valence-corrected chi connectivity index (χ2v) is 6.73. The summed E-state index contributed by atoms with van der Waals surface area (Å²) >= 11 is 2.26. The summed E-state index contributed by atoms with van der Waals surface area (Å²) in [4.78, 5) is 16.9. The van der Waals surface area contributed by atoms with E-state index in [1.165, 1.54) is 0 Å². The van der Waals surface area contributed by atoms with Crippen molar-refractivity contribution >= 4 is 28.4 Å². The van der Waals surface area contributed by atoms with Gasteiger partial charge >= 0.3 is 0 Å². The Hall–Kier alpha value is -0.460. The lowest BCUT2D eigenvalue weighted by atomic mass is 10.1. The molecule has 0 saturated carbocycles. The summed E-state index contributed by atoms with van der Waals surface area (Å²) in [5.41, 5.74) is 0.819. The van der Waals surface area contributed by atoms with Crippen molar-refractivity contribution in [1.29, 1.82) is 0 Å². The van der Waals surface area contributed by atoms with Gasteiger partial charge in [0.2, 0.25) is 0 Å². The number of benzene rings is 1. The SMILES string of the molecule is CC1CN(CC(=O)c2ccc(I)cc2)CC(C)N1C. The lowest BCUT2D eigenvalue weighted by Crippen LogP contribution is -2.55. The van der Waals surface area contributed by atoms with Crippen LogP contribution in [0, 0.1) is 3.57 Å². The maximum atomic E-state index is 12.3. The van der Waals surface area contributed by atoms with Gasteiger partial charge in [0.15, 0.2) is 5.78 Å². The number of hydrogen-bond acceptors (Lipinski definition) is 3. The lowest BCUT2D eigenvalue weighted by Gasteiger charge is -2.42. The highest BCUT2D eigenvalue weighted by Gasteiger charge is 2.27. The zero-order valence-electron chi connectivity index (χ0n) is 11.8. The second kappa shape index (κ2) is 6.33. The highest BCUT2D eigenvalue weighted by molar-refractivity contribution is 14.1. The van der Waals surface area contributed by atoms with Gasteiger partial charge < -0.3 is 0 Å². The van der Waals surface area contributed by atoms with E-state index in [4.69, 9.17) is 0 Å². The third-order valence-corrected chi connectivity index (χ3v) is 4.69. The van der Waals surface area contributed by atoms with Gasteiger partial charge in [-0.3, -0.25) is 14.6 Å². The monoisotopic (exact) mass is 372 g/mol. The second-order valence-electron chi connectivity index (χ2n) is 5.49. The number of carbonyl (C=O) groups is 1. The van der Waals surface area contributed by atoms with Crippen LogP contribution in [0.2, 0.25) is 0 Å². The van der Waals surface area contributed by atoms with E-state index in [9.17, 15) is 4.79 Å². The maximum Gasteiger partial charge on any atom is 0.176 e. The zero-order valence-corrected chi connectivity index (χ0v) is 13.9. The zero-order chi connectivity index (χ0) is 14.0. The van der Waals surface area contributed by atoms with E-state index in [1.807, 2.05) is 24.3 Å². The first kappa shape index (κ1) is 14.9. The van der Waals surface area contributed by atoms with Gasteiger partial charge in [-0.2, -0.15) is 0 Å². The van der Waals surface area contributed by atoms with Crippen LogP contribution in [0.4, 0.5) is 0 Å². The fourth-order valence-electron chi connectivity index (χ4n) is 2.57. The normalized spacial score (nSPS) is 25.5. The van der Waals surface area contributed by atoms with Gasteiger partial charge in [-0.1, -0.05) is 12.1 Å². The van der Waals surface area contributed by atoms with E-state index in [1.54, 1.807) is 0 Å².